The Morgan fingerprint density at radius 1 is 1.80 bits per heavy atom. The van der Waals surface area contributed by atoms with E-state index in [0.29, 0.717) is 6.54 Å². The van der Waals surface area contributed by atoms with Crippen LogP contribution in [0, 0.1) is 0 Å². The number of hydrogen-bond acceptors (Lipinski definition) is 3. The molecule has 0 saturated carbocycles. The number of aliphatic imine (C=N–C) groups is 1. The fourth-order valence-electron chi connectivity index (χ4n) is 0.458. The molecule has 0 aromatic heterocycles. The van der Waals surface area contributed by atoms with E-state index in [2.05, 4.69) is 22.4 Å². The molecule has 10 heavy (non-hydrogen) atoms. The normalized spacial score (nSPS) is 15.4. The van der Waals surface area contributed by atoms with E-state index in [9.17, 15) is 4.21 Å². The van der Waals surface area contributed by atoms with Gasteiger partial charge >= 0.3 is 0 Å². The fourth-order valence-corrected chi connectivity index (χ4v) is 0.987. The highest BCUT2D eigenvalue weighted by molar-refractivity contribution is 7.84. The van der Waals surface area contributed by atoms with Crippen LogP contribution in [0.15, 0.2) is 4.99 Å². The zero-order valence-corrected chi connectivity index (χ0v) is 7.80. The molecule has 0 saturated heterocycles. The summed E-state index contributed by atoms with van der Waals surface area (Å²) in [7, 11) is -0.736. The number of hydrogen-bond donors (Lipinski definition) is 0. The van der Waals surface area contributed by atoms with Gasteiger partial charge in [0.25, 0.3) is 0 Å². The van der Waals surface area contributed by atoms with Crippen molar-refractivity contribution in [1.29, 1.82) is 0 Å². The third-order valence-electron chi connectivity index (χ3n) is 1.28. The predicted molar refractivity (Wildman–Crippen MR) is 48.0 cm³/mol. The van der Waals surface area contributed by atoms with Gasteiger partial charge in [0.05, 0.1) is 11.7 Å². The van der Waals surface area contributed by atoms with E-state index in [-0.39, 0.29) is 5.25 Å². The van der Waals surface area contributed by atoms with Gasteiger partial charge in [-0.3, -0.25) is 4.21 Å². The Labute approximate surface area is 69.2 Å². The van der Waals surface area contributed by atoms with Crippen molar-refractivity contribution < 1.29 is 4.21 Å². The molecule has 0 aromatic rings. The second-order valence-corrected chi connectivity index (χ2v) is 4.06. The standard InChI is InChI=1S/C6H11NOS2/c1-6(10(2)8)3-4-7-5-9/h6H,3-4H2,1-2H3. The Bertz CT molecular complexity index is 163. The highest BCUT2D eigenvalue weighted by atomic mass is 32.2. The van der Waals surface area contributed by atoms with E-state index >= 15 is 0 Å². The molecule has 0 heterocycles. The largest absolute Gasteiger partial charge is 0.260 e. The summed E-state index contributed by atoms with van der Waals surface area (Å²) in [6.07, 6.45) is 2.53. The Kier molecular flexibility index (Phi) is 5.69. The first kappa shape index (κ1) is 9.95. The molecule has 0 radical (unpaired) electrons. The van der Waals surface area contributed by atoms with Crippen LogP contribution in [0.4, 0.5) is 0 Å². The van der Waals surface area contributed by atoms with Gasteiger partial charge in [-0.25, -0.2) is 4.99 Å². The van der Waals surface area contributed by atoms with Crippen LogP contribution in [0.1, 0.15) is 13.3 Å². The number of isothiocyanates is 1. The van der Waals surface area contributed by atoms with Crippen LogP contribution in [-0.4, -0.2) is 27.4 Å². The lowest BCUT2D eigenvalue weighted by molar-refractivity contribution is 0.671. The minimum Gasteiger partial charge on any atom is -0.260 e. The first-order chi connectivity index (χ1) is 4.68. The van der Waals surface area contributed by atoms with Gasteiger partial charge in [-0.1, -0.05) is 6.92 Å². The second kappa shape index (κ2) is 5.71. The van der Waals surface area contributed by atoms with Gasteiger partial charge in [0.15, 0.2) is 0 Å². The fraction of sp³-hybridized carbons (Fsp3) is 0.833. The van der Waals surface area contributed by atoms with E-state index in [1.165, 1.54) is 0 Å². The molecule has 0 fully saturated rings. The molecule has 2 atom stereocenters. The molecule has 2 nitrogen and oxygen atoms in total. The molecule has 0 N–H and O–H groups in total. The van der Waals surface area contributed by atoms with Crippen LogP contribution >= 0.6 is 12.2 Å². The molecular formula is C6H11NOS2. The van der Waals surface area contributed by atoms with E-state index in [0.717, 1.165) is 6.42 Å². The zero-order chi connectivity index (χ0) is 7.98. The van der Waals surface area contributed by atoms with Gasteiger partial charge in [0, 0.05) is 22.3 Å². The quantitative estimate of drug-likeness (QED) is 0.478. The summed E-state index contributed by atoms with van der Waals surface area (Å²) >= 11 is 4.38. The third kappa shape index (κ3) is 4.79. The van der Waals surface area contributed by atoms with E-state index in [1.54, 1.807) is 6.26 Å². The van der Waals surface area contributed by atoms with Crippen LogP contribution in [0.3, 0.4) is 0 Å². The second-order valence-electron chi connectivity index (χ2n) is 2.07. The van der Waals surface area contributed by atoms with Crippen LogP contribution in [0.5, 0.6) is 0 Å². The van der Waals surface area contributed by atoms with Crippen LogP contribution < -0.4 is 0 Å². The monoisotopic (exact) mass is 177 g/mol. The van der Waals surface area contributed by atoms with Gasteiger partial charge in [0.2, 0.25) is 0 Å². The average molecular weight is 177 g/mol. The maximum absolute atomic E-state index is 10.8. The Morgan fingerprint density at radius 3 is 2.80 bits per heavy atom. The van der Waals surface area contributed by atoms with E-state index < -0.39 is 10.8 Å². The number of rotatable bonds is 4. The molecule has 58 valence electrons. The van der Waals surface area contributed by atoms with Crippen molar-refractivity contribution in [3.05, 3.63) is 0 Å². The minimum absolute atomic E-state index is 0.215. The summed E-state index contributed by atoms with van der Waals surface area (Å²) in [6, 6.07) is 0. The van der Waals surface area contributed by atoms with E-state index in [1.807, 2.05) is 6.92 Å². The number of nitrogens with zero attached hydrogens (tertiary/aromatic N) is 1. The van der Waals surface area contributed by atoms with Crippen molar-refractivity contribution >= 4 is 28.2 Å². The smallest absolute Gasteiger partial charge is 0.0584 e. The molecule has 0 rings (SSSR count). The Balaban J connectivity index is 3.48. The van der Waals surface area contributed by atoms with Gasteiger partial charge in [-0.05, 0) is 18.6 Å². The number of thiocarbonyl (C=S) groups is 1. The molecule has 0 bridgehead atoms. The Hall–Kier alpha value is -0.0500. The third-order valence-corrected chi connectivity index (χ3v) is 2.78. The van der Waals surface area contributed by atoms with Gasteiger partial charge < -0.3 is 0 Å². The molecule has 0 aliphatic rings. The first-order valence-electron chi connectivity index (χ1n) is 3.04. The summed E-state index contributed by atoms with van der Waals surface area (Å²) in [5, 5.41) is 2.49. The first-order valence-corrected chi connectivity index (χ1v) is 5.07. The van der Waals surface area contributed by atoms with Crippen LogP contribution in [0.25, 0.3) is 0 Å². The summed E-state index contributed by atoms with van der Waals surface area (Å²) in [5.74, 6) is 0. The van der Waals surface area contributed by atoms with Crippen LogP contribution in [-0.2, 0) is 10.8 Å². The molecule has 0 aliphatic heterocycles. The SMILES string of the molecule is CC(CCN=C=S)S(C)=O. The molecule has 2 unspecified atom stereocenters. The summed E-state index contributed by atoms with van der Waals surface area (Å²) in [4.78, 5) is 3.72. The zero-order valence-electron chi connectivity index (χ0n) is 6.16. The lowest BCUT2D eigenvalue weighted by Crippen LogP contribution is -2.09. The maximum Gasteiger partial charge on any atom is 0.0584 e. The highest BCUT2D eigenvalue weighted by Gasteiger charge is 2.03. The van der Waals surface area contributed by atoms with Gasteiger partial charge in [-0.2, -0.15) is 0 Å². The molecular weight excluding hydrogens is 166 g/mol. The summed E-state index contributed by atoms with van der Waals surface area (Å²) in [5.41, 5.74) is 0. The van der Waals surface area contributed by atoms with Crippen molar-refractivity contribution in [2.24, 2.45) is 4.99 Å². The van der Waals surface area contributed by atoms with Crippen molar-refractivity contribution in [2.45, 2.75) is 18.6 Å². The van der Waals surface area contributed by atoms with Crippen molar-refractivity contribution in [3.63, 3.8) is 0 Å². The van der Waals surface area contributed by atoms with Crippen molar-refractivity contribution in [1.82, 2.24) is 0 Å². The Morgan fingerprint density at radius 2 is 2.40 bits per heavy atom. The highest BCUT2D eigenvalue weighted by Crippen LogP contribution is 1.98. The minimum atomic E-state index is -0.736. The average Bonchev–Trinajstić information content (AvgIpc) is 1.88. The van der Waals surface area contributed by atoms with Crippen LogP contribution in [0.2, 0.25) is 0 Å². The predicted octanol–water partition coefficient (Wildman–Crippen LogP) is 1.25. The molecule has 0 aromatic carbocycles. The summed E-state index contributed by atoms with van der Waals surface area (Å²) < 4.78 is 10.8. The van der Waals surface area contributed by atoms with Gasteiger partial charge in [0.1, 0.15) is 0 Å². The molecule has 0 aliphatic carbocycles. The van der Waals surface area contributed by atoms with E-state index in [4.69, 9.17) is 0 Å². The maximum atomic E-state index is 10.8. The molecule has 0 spiro atoms. The lowest BCUT2D eigenvalue weighted by atomic mass is 10.3. The molecule has 4 heteroatoms. The summed E-state index contributed by atoms with van der Waals surface area (Å²) in [6.45, 7) is 2.58. The van der Waals surface area contributed by atoms with Crippen molar-refractivity contribution in [3.8, 4) is 0 Å². The van der Waals surface area contributed by atoms with Crippen molar-refractivity contribution in [2.75, 3.05) is 12.8 Å². The van der Waals surface area contributed by atoms with Gasteiger partial charge in [-0.15, -0.1) is 0 Å². The lowest BCUT2D eigenvalue weighted by Gasteiger charge is -2.02. The molecule has 0 amide bonds. The topological polar surface area (TPSA) is 29.4 Å².